The fraction of sp³-hybridized carbons (Fsp3) is 0.864. The zero-order valence-corrected chi connectivity index (χ0v) is 17.8. The lowest BCUT2D eigenvalue weighted by atomic mass is 9.93. The normalized spacial score (nSPS) is 21.7. The lowest BCUT2D eigenvalue weighted by Gasteiger charge is -2.34. The Bertz CT molecular complexity index is 505. The van der Waals surface area contributed by atoms with Crippen molar-refractivity contribution < 1.29 is 34.1 Å². The minimum Gasteiger partial charge on any atom is -0.444 e. The Morgan fingerprint density at radius 1 is 0.862 bits per heavy atom. The molecule has 0 spiro atoms. The van der Waals surface area contributed by atoms with Crippen molar-refractivity contribution in [1.82, 2.24) is 0 Å². The molecule has 1 aliphatic rings. The Morgan fingerprint density at radius 2 is 1.34 bits per heavy atom. The fourth-order valence-electron chi connectivity index (χ4n) is 3.52. The van der Waals surface area contributed by atoms with Crippen LogP contribution in [0.4, 0.5) is 0 Å². The SMILES string of the molecule is CCCCCCCCCCCCCCCC(=O)C1(CO)OC(=O)C(CO)OC1=O. The highest BCUT2D eigenvalue weighted by Crippen LogP contribution is 2.25. The quantitative estimate of drug-likeness (QED) is 0.214. The molecule has 1 aliphatic heterocycles. The van der Waals surface area contributed by atoms with Crippen LogP contribution in [0.2, 0.25) is 0 Å². The predicted molar refractivity (Wildman–Crippen MR) is 108 cm³/mol. The predicted octanol–water partition coefficient (Wildman–Crippen LogP) is 3.23. The lowest BCUT2D eigenvalue weighted by molar-refractivity contribution is -0.217. The molecule has 2 N–H and O–H groups in total. The molecule has 168 valence electrons. The number of hydrogen-bond donors (Lipinski definition) is 2. The van der Waals surface area contributed by atoms with Crippen LogP contribution in [0.15, 0.2) is 0 Å². The van der Waals surface area contributed by atoms with Gasteiger partial charge in [0.1, 0.15) is 6.61 Å². The summed E-state index contributed by atoms with van der Waals surface area (Å²) >= 11 is 0. The molecule has 0 aromatic heterocycles. The van der Waals surface area contributed by atoms with Gasteiger partial charge in [0.05, 0.1) is 6.61 Å². The van der Waals surface area contributed by atoms with Crippen LogP contribution >= 0.6 is 0 Å². The van der Waals surface area contributed by atoms with Crippen LogP contribution in [0.1, 0.15) is 96.8 Å². The maximum atomic E-state index is 12.4. The number of rotatable bonds is 17. The van der Waals surface area contributed by atoms with E-state index in [1.165, 1.54) is 57.8 Å². The first-order chi connectivity index (χ1) is 14.0. The van der Waals surface area contributed by atoms with E-state index in [2.05, 4.69) is 6.92 Å². The first-order valence-corrected chi connectivity index (χ1v) is 11.2. The second kappa shape index (κ2) is 14.5. The molecule has 7 heteroatoms. The van der Waals surface area contributed by atoms with Gasteiger partial charge in [-0.3, -0.25) is 4.79 Å². The van der Waals surface area contributed by atoms with Crippen molar-refractivity contribution in [2.24, 2.45) is 0 Å². The Kier molecular flexibility index (Phi) is 12.8. The summed E-state index contributed by atoms with van der Waals surface area (Å²) in [6.07, 6.45) is 13.8. The van der Waals surface area contributed by atoms with Gasteiger partial charge < -0.3 is 19.7 Å². The van der Waals surface area contributed by atoms with Crippen LogP contribution in [0, 0.1) is 0 Å². The number of esters is 2. The van der Waals surface area contributed by atoms with Crippen molar-refractivity contribution in [1.29, 1.82) is 0 Å². The topological polar surface area (TPSA) is 110 Å². The van der Waals surface area contributed by atoms with Gasteiger partial charge in [0, 0.05) is 6.42 Å². The summed E-state index contributed by atoms with van der Waals surface area (Å²) in [5, 5.41) is 18.5. The highest BCUT2D eigenvalue weighted by molar-refractivity contribution is 6.10. The molecular formula is C22H38O7. The standard InChI is InChI=1S/C22H38O7/c1-2-3-4-5-6-7-8-9-10-11-12-13-14-15-19(25)22(17-24)21(27)28-18(16-23)20(26)29-22/h18,23-24H,2-17H2,1H3. The van der Waals surface area contributed by atoms with Crippen LogP contribution in [0.25, 0.3) is 0 Å². The first-order valence-electron chi connectivity index (χ1n) is 11.2. The van der Waals surface area contributed by atoms with E-state index < -0.39 is 42.6 Å². The monoisotopic (exact) mass is 414 g/mol. The maximum Gasteiger partial charge on any atom is 0.362 e. The smallest absolute Gasteiger partial charge is 0.362 e. The Labute approximate surface area is 174 Å². The number of ether oxygens (including phenoxy) is 2. The second-order valence-corrected chi connectivity index (χ2v) is 7.90. The summed E-state index contributed by atoms with van der Waals surface area (Å²) in [6, 6.07) is 0. The van der Waals surface area contributed by atoms with Gasteiger partial charge in [-0.2, -0.15) is 0 Å². The zero-order chi connectivity index (χ0) is 21.5. The first kappa shape index (κ1) is 25.6. The Balaban J connectivity index is 2.14. The summed E-state index contributed by atoms with van der Waals surface area (Å²) in [5.41, 5.74) is -2.28. The molecule has 7 nitrogen and oxygen atoms in total. The number of carbonyl (C=O) groups excluding carboxylic acids is 3. The molecule has 0 amide bonds. The number of aliphatic hydroxyl groups is 2. The van der Waals surface area contributed by atoms with Crippen LogP contribution < -0.4 is 0 Å². The molecule has 0 aliphatic carbocycles. The maximum absolute atomic E-state index is 12.4. The van der Waals surface area contributed by atoms with Gasteiger partial charge in [0.2, 0.25) is 6.10 Å². The van der Waals surface area contributed by atoms with Crippen molar-refractivity contribution in [2.45, 2.75) is 109 Å². The number of cyclic esters (lactones) is 2. The zero-order valence-electron chi connectivity index (χ0n) is 17.8. The molecule has 29 heavy (non-hydrogen) atoms. The average molecular weight is 415 g/mol. The van der Waals surface area contributed by atoms with Gasteiger partial charge in [-0.25, -0.2) is 9.59 Å². The van der Waals surface area contributed by atoms with E-state index in [0.717, 1.165) is 19.3 Å². The van der Waals surface area contributed by atoms with Gasteiger partial charge in [-0.1, -0.05) is 84.0 Å². The van der Waals surface area contributed by atoms with Crippen molar-refractivity contribution in [3.8, 4) is 0 Å². The van der Waals surface area contributed by atoms with E-state index in [-0.39, 0.29) is 6.42 Å². The number of ketones is 1. The van der Waals surface area contributed by atoms with Crippen molar-refractivity contribution in [3.63, 3.8) is 0 Å². The molecule has 0 saturated carbocycles. The van der Waals surface area contributed by atoms with Gasteiger partial charge in [0.15, 0.2) is 5.78 Å². The van der Waals surface area contributed by atoms with Crippen LogP contribution in [0.3, 0.4) is 0 Å². The highest BCUT2D eigenvalue weighted by atomic mass is 16.7. The number of aliphatic hydroxyl groups excluding tert-OH is 2. The summed E-state index contributed by atoms with van der Waals surface area (Å²) in [7, 11) is 0. The van der Waals surface area contributed by atoms with E-state index in [9.17, 15) is 19.5 Å². The molecule has 1 fully saturated rings. The molecular weight excluding hydrogens is 376 g/mol. The van der Waals surface area contributed by atoms with E-state index in [0.29, 0.717) is 6.42 Å². The summed E-state index contributed by atoms with van der Waals surface area (Å²) < 4.78 is 9.64. The third-order valence-electron chi connectivity index (χ3n) is 5.46. The average Bonchev–Trinajstić information content (AvgIpc) is 2.72. The van der Waals surface area contributed by atoms with E-state index in [1.807, 2.05) is 0 Å². The van der Waals surface area contributed by atoms with Crippen LogP contribution in [0.5, 0.6) is 0 Å². The number of carbonyl (C=O) groups is 3. The lowest BCUT2D eigenvalue weighted by Crippen LogP contribution is -2.61. The Hall–Kier alpha value is -1.47. The van der Waals surface area contributed by atoms with Crippen LogP contribution in [-0.2, 0) is 23.9 Å². The number of Topliss-reactive ketones (excluding diaryl/α,β-unsaturated/α-hetero) is 1. The molecule has 2 unspecified atom stereocenters. The molecule has 1 saturated heterocycles. The number of unbranched alkanes of at least 4 members (excludes halogenated alkanes) is 12. The fourth-order valence-corrected chi connectivity index (χ4v) is 3.52. The molecule has 1 rings (SSSR count). The van der Waals surface area contributed by atoms with Gasteiger partial charge >= 0.3 is 11.9 Å². The van der Waals surface area contributed by atoms with E-state index in [4.69, 9.17) is 14.6 Å². The summed E-state index contributed by atoms with van der Waals surface area (Å²) in [5.74, 6) is -2.78. The summed E-state index contributed by atoms with van der Waals surface area (Å²) in [4.78, 5) is 36.2. The second-order valence-electron chi connectivity index (χ2n) is 7.90. The molecule has 0 radical (unpaired) electrons. The highest BCUT2D eigenvalue weighted by Gasteiger charge is 2.55. The molecule has 0 aromatic carbocycles. The van der Waals surface area contributed by atoms with Gasteiger partial charge in [0.25, 0.3) is 5.60 Å². The van der Waals surface area contributed by atoms with Crippen LogP contribution in [-0.4, -0.2) is 52.9 Å². The summed E-state index contributed by atoms with van der Waals surface area (Å²) in [6.45, 7) is 0.554. The van der Waals surface area contributed by atoms with E-state index >= 15 is 0 Å². The minimum absolute atomic E-state index is 0.0322. The molecule has 1 heterocycles. The van der Waals surface area contributed by atoms with Gasteiger partial charge in [-0.05, 0) is 6.42 Å². The Morgan fingerprint density at radius 3 is 1.79 bits per heavy atom. The van der Waals surface area contributed by atoms with Crippen molar-refractivity contribution in [2.75, 3.05) is 13.2 Å². The largest absolute Gasteiger partial charge is 0.444 e. The third-order valence-corrected chi connectivity index (χ3v) is 5.46. The van der Waals surface area contributed by atoms with Crippen molar-refractivity contribution in [3.05, 3.63) is 0 Å². The van der Waals surface area contributed by atoms with Gasteiger partial charge in [-0.15, -0.1) is 0 Å². The van der Waals surface area contributed by atoms with Crippen molar-refractivity contribution >= 4 is 17.7 Å². The molecule has 0 bridgehead atoms. The molecule has 2 atom stereocenters. The minimum atomic E-state index is -2.28. The van der Waals surface area contributed by atoms with E-state index in [1.54, 1.807) is 0 Å². The third kappa shape index (κ3) is 8.42. The molecule has 0 aromatic rings. The number of hydrogen-bond acceptors (Lipinski definition) is 7.